The second-order valence-corrected chi connectivity index (χ2v) is 8.39. The lowest BCUT2D eigenvalue weighted by Gasteiger charge is -2.29. The molecule has 0 bridgehead atoms. The Bertz CT molecular complexity index is 1030. The van der Waals surface area contributed by atoms with E-state index in [9.17, 15) is 18.0 Å². The molecule has 10 heteroatoms. The van der Waals surface area contributed by atoms with Crippen LogP contribution in [0.3, 0.4) is 0 Å². The molecule has 9 nitrogen and oxygen atoms in total. The average molecular weight is 433 g/mol. The fourth-order valence-electron chi connectivity index (χ4n) is 3.04. The molecule has 0 radical (unpaired) electrons. The average Bonchev–Trinajstić information content (AvgIpc) is 2.79. The van der Waals surface area contributed by atoms with E-state index in [1.165, 1.54) is 38.4 Å². The Morgan fingerprint density at radius 1 is 1.07 bits per heavy atom. The molecule has 2 aromatic carbocycles. The van der Waals surface area contributed by atoms with Crippen LogP contribution in [0.5, 0.6) is 0 Å². The van der Waals surface area contributed by atoms with Crippen LogP contribution in [0.2, 0.25) is 0 Å². The summed E-state index contributed by atoms with van der Waals surface area (Å²) >= 11 is 0. The second kappa shape index (κ2) is 9.24. The highest BCUT2D eigenvalue weighted by Gasteiger charge is 2.19. The molecule has 2 N–H and O–H groups in total. The van der Waals surface area contributed by atoms with Crippen LogP contribution in [0.1, 0.15) is 20.7 Å². The first-order chi connectivity index (χ1) is 14.4. The Balaban J connectivity index is 1.84. The van der Waals surface area contributed by atoms with Crippen molar-refractivity contribution in [3.8, 4) is 0 Å². The Morgan fingerprint density at radius 2 is 1.73 bits per heavy atom. The first-order valence-corrected chi connectivity index (χ1v) is 10.7. The molecular formula is C20H23N3O6S. The van der Waals surface area contributed by atoms with E-state index in [-0.39, 0.29) is 16.0 Å². The molecule has 1 aliphatic heterocycles. The van der Waals surface area contributed by atoms with Crippen LogP contribution in [0.25, 0.3) is 0 Å². The minimum Gasteiger partial charge on any atom is -0.465 e. The standard InChI is InChI=1S/C20H23N3O6S/c1-21-30(26,27)16-6-3-14(4-7-16)19(24)22-18-8-5-15(13-17(18)20(25)28-2)23-9-11-29-12-10-23/h3-8,13,21H,9-12H2,1-2H3,(H,22,24). The van der Waals surface area contributed by atoms with E-state index >= 15 is 0 Å². The molecule has 0 aliphatic carbocycles. The number of benzene rings is 2. The molecule has 160 valence electrons. The number of ether oxygens (including phenoxy) is 2. The maximum Gasteiger partial charge on any atom is 0.340 e. The van der Waals surface area contributed by atoms with Gasteiger partial charge in [0.15, 0.2) is 0 Å². The summed E-state index contributed by atoms with van der Waals surface area (Å²) < 4.78 is 36.1. The molecule has 0 unspecified atom stereocenters. The number of sulfonamides is 1. The number of nitrogens with zero attached hydrogens (tertiary/aromatic N) is 1. The van der Waals surface area contributed by atoms with Crippen molar-refractivity contribution in [3.05, 3.63) is 53.6 Å². The molecule has 0 aromatic heterocycles. The fourth-order valence-corrected chi connectivity index (χ4v) is 3.77. The van der Waals surface area contributed by atoms with Crippen molar-refractivity contribution < 1.29 is 27.5 Å². The summed E-state index contributed by atoms with van der Waals surface area (Å²) in [7, 11) is -1.01. The minimum absolute atomic E-state index is 0.0478. The van der Waals surface area contributed by atoms with Crippen molar-refractivity contribution in [1.82, 2.24) is 4.72 Å². The maximum absolute atomic E-state index is 12.6. The lowest BCUT2D eigenvalue weighted by molar-refractivity contribution is 0.0602. The van der Waals surface area contributed by atoms with Gasteiger partial charge in [-0.25, -0.2) is 17.9 Å². The third-order valence-electron chi connectivity index (χ3n) is 4.73. The Morgan fingerprint density at radius 3 is 2.33 bits per heavy atom. The number of anilines is 2. The predicted molar refractivity (Wildman–Crippen MR) is 111 cm³/mol. The second-order valence-electron chi connectivity index (χ2n) is 6.51. The third-order valence-corrected chi connectivity index (χ3v) is 6.16. The zero-order valence-electron chi connectivity index (χ0n) is 16.7. The van der Waals surface area contributed by atoms with Crippen LogP contribution < -0.4 is 14.9 Å². The molecule has 30 heavy (non-hydrogen) atoms. The minimum atomic E-state index is -3.59. The summed E-state index contributed by atoms with van der Waals surface area (Å²) in [5, 5.41) is 2.70. The van der Waals surface area contributed by atoms with Crippen LogP contribution >= 0.6 is 0 Å². The van der Waals surface area contributed by atoms with Gasteiger partial charge in [-0.15, -0.1) is 0 Å². The Hall–Kier alpha value is -2.95. The van der Waals surface area contributed by atoms with Gasteiger partial charge in [0.2, 0.25) is 10.0 Å². The molecule has 0 atom stereocenters. The van der Waals surface area contributed by atoms with Crippen LogP contribution in [-0.2, 0) is 19.5 Å². The molecule has 1 saturated heterocycles. The van der Waals surface area contributed by atoms with Gasteiger partial charge in [-0.2, -0.15) is 0 Å². The van der Waals surface area contributed by atoms with E-state index in [2.05, 4.69) is 14.9 Å². The Kier molecular flexibility index (Phi) is 6.70. The number of nitrogens with one attached hydrogen (secondary N) is 2. The molecule has 3 rings (SSSR count). The molecular weight excluding hydrogens is 410 g/mol. The highest BCUT2D eigenvalue weighted by Crippen LogP contribution is 2.25. The van der Waals surface area contributed by atoms with E-state index < -0.39 is 21.9 Å². The number of hydrogen-bond acceptors (Lipinski definition) is 7. The molecule has 1 heterocycles. The lowest BCUT2D eigenvalue weighted by Crippen LogP contribution is -2.36. The van der Waals surface area contributed by atoms with Crippen molar-refractivity contribution in [2.45, 2.75) is 4.90 Å². The first-order valence-electron chi connectivity index (χ1n) is 9.26. The summed E-state index contributed by atoms with van der Waals surface area (Å²) in [4.78, 5) is 27.1. The van der Waals surface area contributed by atoms with Gasteiger partial charge in [-0.05, 0) is 49.5 Å². The van der Waals surface area contributed by atoms with E-state index in [0.717, 1.165) is 5.69 Å². The van der Waals surface area contributed by atoms with Gasteiger partial charge in [0.1, 0.15) is 0 Å². The third kappa shape index (κ3) is 4.78. The fraction of sp³-hybridized carbons (Fsp3) is 0.300. The highest BCUT2D eigenvalue weighted by molar-refractivity contribution is 7.89. The number of hydrogen-bond donors (Lipinski definition) is 2. The summed E-state index contributed by atoms with van der Waals surface area (Å²) in [5.74, 6) is -1.05. The molecule has 1 amide bonds. The van der Waals surface area contributed by atoms with Gasteiger partial charge in [0.05, 0.1) is 36.5 Å². The zero-order chi connectivity index (χ0) is 21.7. The zero-order valence-corrected chi connectivity index (χ0v) is 17.5. The van der Waals surface area contributed by atoms with Gasteiger partial charge in [0.25, 0.3) is 5.91 Å². The van der Waals surface area contributed by atoms with Gasteiger partial charge < -0.3 is 19.7 Å². The quantitative estimate of drug-likeness (QED) is 0.663. The number of morpholine rings is 1. The van der Waals surface area contributed by atoms with E-state index in [1.807, 2.05) is 6.07 Å². The molecule has 1 fully saturated rings. The van der Waals surface area contributed by atoms with E-state index in [4.69, 9.17) is 9.47 Å². The first kappa shape index (κ1) is 21.8. The van der Waals surface area contributed by atoms with Crippen molar-refractivity contribution in [3.63, 3.8) is 0 Å². The molecule has 2 aromatic rings. The Labute approximate surface area is 175 Å². The van der Waals surface area contributed by atoms with Gasteiger partial charge in [-0.3, -0.25) is 4.79 Å². The number of rotatable bonds is 6. The summed E-state index contributed by atoms with van der Waals surface area (Å²) in [6.07, 6.45) is 0. The number of carbonyl (C=O) groups is 2. The lowest BCUT2D eigenvalue weighted by atomic mass is 10.1. The van der Waals surface area contributed by atoms with Crippen LogP contribution in [-0.4, -0.2) is 60.8 Å². The van der Waals surface area contributed by atoms with Crippen molar-refractivity contribution in [2.75, 3.05) is 50.7 Å². The van der Waals surface area contributed by atoms with Crippen molar-refractivity contribution >= 4 is 33.3 Å². The van der Waals surface area contributed by atoms with E-state index in [1.54, 1.807) is 12.1 Å². The number of amides is 1. The number of carbonyl (C=O) groups excluding carboxylic acids is 2. The smallest absolute Gasteiger partial charge is 0.340 e. The van der Waals surface area contributed by atoms with Gasteiger partial charge in [-0.1, -0.05) is 0 Å². The highest BCUT2D eigenvalue weighted by atomic mass is 32.2. The monoisotopic (exact) mass is 433 g/mol. The summed E-state index contributed by atoms with van der Waals surface area (Å²) in [5.41, 5.74) is 1.61. The van der Waals surface area contributed by atoms with Gasteiger partial charge >= 0.3 is 5.97 Å². The summed E-state index contributed by atoms with van der Waals surface area (Å²) in [6.45, 7) is 2.61. The maximum atomic E-state index is 12.6. The number of methoxy groups -OCH3 is 1. The molecule has 0 spiro atoms. The predicted octanol–water partition coefficient (Wildman–Crippen LogP) is 1.47. The molecule has 0 saturated carbocycles. The number of esters is 1. The van der Waals surface area contributed by atoms with Crippen LogP contribution in [0.15, 0.2) is 47.4 Å². The van der Waals surface area contributed by atoms with Gasteiger partial charge in [0, 0.05) is 24.3 Å². The van der Waals surface area contributed by atoms with Crippen molar-refractivity contribution in [1.29, 1.82) is 0 Å². The molecule has 1 aliphatic rings. The van der Waals surface area contributed by atoms with Crippen LogP contribution in [0, 0.1) is 0 Å². The largest absolute Gasteiger partial charge is 0.465 e. The van der Waals surface area contributed by atoms with Crippen molar-refractivity contribution in [2.24, 2.45) is 0 Å². The van der Waals surface area contributed by atoms with E-state index in [0.29, 0.717) is 32.0 Å². The van der Waals surface area contributed by atoms with Crippen LogP contribution in [0.4, 0.5) is 11.4 Å². The summed E-state index contributed by atoms with van der Waals surface area (Å²) in [6, 6.07) is 10.6. The SMILES string of the molecule is CNS(=O)(=O)c1ccc(C(=O)Nc2ccc(N3CCOCC3)cc2C(=O)OC)cc1. The topological polar surface area (TPSA) is 114 Å². The normalized spacial score (nSPS) is 14.3.